The Hall–Kier alpha value is -1.10. The number of fused-ring (bicyclic) bond motifs is 1. The lowest BCUT2D eigenvalue weighted by Crippen LogP contribution is -2.45. The van der Waals surface area contributed by atoms with E-state index in [4.69, 9.17) is 4.74 Å². The van der Waals surface area contributed by atoms with Crippen molar-refractivity contribution < 1.29 is 14.3 Å². The topological polar surface area (TPSA) is 49.9 Å². The maximum Gasteiger partial charge on any atom is 0.245 e. The number of rotatable bonds is 2. The molecule has 3 atom stereocenters. The Balaban J connectivity index is 1.71. The van der Waals surface area contributed by atoms with E-state index in [1.165, 1.54) is 0 Å². The fourth-order valence-corrected chi connectivity index (χ4v) is 3.50. The van der Waals surface area contributed by atoms with Gasteiger partial charge in [0.1, 0.15) is 6.04 Å². The minimum atomic E-state index is -0.187. The minimum absolute atomic E-state index is 0.147. The summed E-state index contributed by atoms with van der Waals surface area (Å²) in [6.45, 7) is 4.95. The summed E-state index contributed by atoms with van der Waals surface area (Å²) in [6.07, 6.45) is 3.51. The van der Waals surface area contributed by atoms with Gasteiger partial charge in [-0.3, -0.25) is 9.59 Å². The second-order valence-corrected chi connectivity index (χ2v) is 5.90. The lowest BCUT2D eigenvalue weighted by atomic mass is 10.0. The molecule has 5 heteroatoms. The van der Waals surface area contributed by atoms with Crippen LogP contribution in [0.4, 0.5) is 0 Å². The largest absolute Gasteiger partial charge is 0.378 e. The second kappa shape index (κ2) is 5.12. The summed E-state index contributed by atoms with van der Waals surface area (Å²) in [7, 11) is 0. The van der Waals surface area contributed by atoms with Crippen molar-refractivity contribution in [3.63, 3.8) is 0 Å². The van der Waals surface area contributed by atoms with Gasteiger partial charge in [-0.1, -0.05) is 0 Å². The first-order valence-corrected chi connectivity index (χ1v) is 7.36. The molecule has 0 spiro atoms. The Morgan fingerprint density at radius 2 is 2.11 bits per heavy atom. The van der Waals surface area contributed by atoms with Gasteiger partial charge in [-0.25, -0.2) is 0 Å². The van der Waals surface area contributed by atoms with Crippen LogP contribution in [0.5, 0.6) is 0 Å². The first kappa shape index (κ1) is 12.9. The zero-order valence-electron chi connectivity index (χ0n) is 11.5. The summed E-state index contributed by atoms with van der Waals surface area (Å²) in [6, 6.07) is -0.187. The predicted molar refractivity (Wildman–Crippen MR) is 69.5 cm³/mol. The number of carbonyl (C=O) groups excluding carboxylic acids is 2. The molecule has 5 nitrogen and oxygen atoms in total. The van der Waals surface area contributed by atoms with Gasteiger partial charge in [0.15, 0.2) is 0 Å². The minimum Gasteiger partial charge on any atom is -0.378 e. The predicted octanol–water partition coefficient (Wildman–Crippen LogP) is 0.635. The molecule has 0 N–H and O–H groups in total. The summed E-state index contributed by atoms with van der Waals surface area (Å²) in [4.78, 5) is 28.3. The highest BCUT2D eigenvalue weighted by molar-refractivity contribution is 5.90. The standard InChI is InChI=1S/C14H22N2O3/c1-10-11(5-8-19-10)9-15-7-4-13(17)16-6-2-3-12(16)14(15)18/h10-12H,2-9H2,1H3. The average Bonchev–Trinajstić information content (AvgIpc) is 3.00. The highest BCUT2D eigenvalue weighted by Crippen LogP contribution is 2.26. The van der Waals surface area contributed by atoms with Crippen LogP contribution < -0.4 is 0 Å². The van der Waals surface area contributed by atoms with Crippen molar-refractivity contribution >= 4 is 11.8 Å². The Labute approximate surface area is 113 Å². The fraction of sp³-hybridized carbons (Fsp3) is 0.857. The highest BCUT2D eigenvalue weighted by Gasteiger charge is 2.40. The van der Waals surface area contributed by atoms with Crippen LogP contribution >= 0.6 is 0 Å². The van der Waals surface area contributed by atoms with Gasteiger partial charge in [0.05, 0.1) is 6.10 Å². The molecule has 3 aliphatic rings. The molecule has 0 saturated carbocycles. The zero-order valence-corrected chi connectivity index (χ0v) is 11.5. The Morgan fingerprint density at radius 3 is 2.84 bits per heavy atom. The van der Waals surface area contributed by atoms with Crippen molar-refractivity contribution in [3.8, 4) is 0 Å². The van der Waals surface area contributed by atoms with Crippen LogP contribution in [0.3, 0.4) is 0 Å². The van der Waals surface area contributed by atoms with E-state index >= 15 is 0 Å². The molecule has 3 rings (SSSR count). The third kappa shape index (κ3) is 2.36. The van der Waals surface area contributed by atoms with Crippen LogP contribution in [-0.4, -0.2) is 60.0 Å². The number of carbonyl (C=O) groups is 2. The molecule has 0 aromatic heterocycles. The SMILES string of the molecule is CC1OCCC1CN1CCC(=O)N2CCCC2C1=O. The van der Waals surface area contributed by atoms with Crippen molar-refractivity contribution in [3.05, 3.63) is 0 Å². The van der Waals surface area contributed by atoms with Crippen molar-refractivity contribution in [2.45, 2.75) is 44.8 Å². The van der Waals surface area contributed by atoms with Crippen molar-refractivity contribution in [2.24, 2.45) is 5.92 Å². The van der Waals surface area contributed by atoms with Crippen molar-refractivity contribution in [1.29, 1.82) is 0 Å². The molecule has 0 aromatic carbocycles. The van der Waals surface area contributed by atoms with E-state index in [0.717, 1.165) is 39.0 Å². The number of hydrogen-bond acceptors (Lipinski definition) is 3. The van der Waals surface area contributed by atoms with Gasteiger partial charge in [0.25, 0.3) is 0 Å². The molecule has 2 amide bonds. The van der Waals surface area contributed by atoms with Crippen molar-refractivity contribution in [1.82, 2.24) is 9.80 Å². The van der Waals surface area contributed by atoms with Crippen LogP contribution in [0, 0.1) is 5.92 Å². The average molecular weight is 266 g/mol. The molecular formula is C14H22N2O3. The Morgan fingerprint density at radius 1 is 1.26 bits per heavy atom. The zero-order chi connectivity index (χ0) is 13.4. The van der Waals surface area contributed by atoms with Gasteiger partial charge in [0, 0.05) is 38.6 Å². The van der Waals surface area contributed by atoms with E-state index in [2.05, 4.69) is 6.92 Å². The molecule has 3 saturated heterocycles. The van der Waals surface area contributed by atoms with Gasteiger partial charge >= 0.3 is 0 Å². The first-order chi connectivity index (χ1) is 9.16. The first-order valence-electron chi connectivity index (χ1n) is 7.36. The fourth-order valence-electron chi connectivity index (χ4n) is 3.50. The van der Waals surface area contributed by atoms with Crippen LogP contribution in [0.25, 0.3) is 0 Å². The normalized spacial score (nSPS) is 35.7. The Kier molecular flexibility index (Phi) is 3.48. The molecule has 0 radical (unpaired) electrons. The van der Waals surface area contributed by atoms with Gasteiger partial charge in [-0.05, 0) is 26.2 Å². The summed E-state index contributed by atoms with van der Waals surface area (Å²) in [5.41, 5.74) is 0. The molecule has 0 bridgehead atoms. The molecule has 106 valence electrons. The van der Waals surface area contributed by atoms with Gasteiger partial charge in [-0.2, -0.15) is 0 Å². The monoisotopic (exact) mass is 266 g/mol. The molecular weight excluding hydrogens is 244 g/mol. The third-order valence-electron chi connectivity index (χ3n) is 4.75. The molecule has 3 unspecified atom stereocenters. The summed E-state index contributed by atoms with van der Waals surface area (Å²) in [5, 5.41) is 0. The van der Waals surface area contributed by atoms with E-state index in [-0.39, 0.29) is 24.0 Å². The molecule has 0 aliphatic carbocycles. The number of amides is 2. The summed E-state index contributed by atoms with van der Waals surface area (Å²) < 4.78 is 5.57. The number of hydrogen-bond donors (Lipinski definition) is 0. The molecule has 3 aliphatic heterocycles. The lowest BCUT2D eigenvalue weighted by molar-refractivity contribution is -0.139. The number of nitrogens with zero attached hydrogens (tertiary/aromatic N) is 2. The molecule has 0 aromatic rings. The third-order valence-corrected chi connectivity index (χ3v) is 4.75. The van der Waals surface area contributed by atoms with Crippen LogP contribution in [0.1, 0.15) is 32.6 Å². The van der Waals surface area contributed by atoms with Gasteiger partial charge in [-0.15, -0.1) is 0 Å². The summed E-state index contributed by atoms with van der Waals surface area (Å²) >= 11 is 0. The van der Waals surface area contributed by atoms with Crippen LogP contribution in [0.15, 0.2) is 0 Å². The van der Waals surface area contributed by atoms with E-state index in [0.29, 0.717) is 18.9 Å². The van der Waals surface area contributed by atoms with Crippen molar-refractivity contribution in [2.75, 3.05) is 26.2 Å². The maximum absolute atomic E-state index is 12.6. The van der Waals surface area contributed by atoms with Crippen LogP contribution in [-0.2, 0) is 14.3 Å². The van der Waals surface area contributed by atoms with Crippen LogP contribution in [0.2, 0.25) is 0 Å². The highest BCUT2D eigenvalue weighted by atomic mass is 16.5. The van der Waals surface area contributed by atoms with E-state index in [9.17, 15) is 9.59 Å². The van der Waals surface area contributed by atoms with E-state index < -0.39 is 0 Å². The Bertz CT molecular complexity index is 385. The van der Waals surface area contributed by atoms with Gasteiger partial charge in [0.2, 0.25) is 11.8 Å². The maximum atomic E-state index is 12.6. The second-order valence-electron chi connectivity index (χ2n) is 5.90. The quantitative estimate of drug-likeness (QED) is 0.737. The molecule has 3 heterocycles. The van der Waals surface area contributed by atoms with E-state index in [1.807, 2.05) is 4.90 Å². The van der Waals surface area contributed by atoms with Gasteiger partial charge < -0.3 is 14.5 Å². The molecule has 19 heavy (non-hydrogen) atoms. The molecule has 3 fully saturated rings. The smallest absolute Gasteiger partial charge is 0.245 e. The lowest BCUT2D eigenvalue weighted by Gasteiger charge is -2.28. The number of ether oxygens (including phenoxy) is 1. The summed E-state index contributed by atoms with van der Waals surface area (Å²) in [5.74, 6) is 0.725. The van der Waals surface area contributed by atoms with E-state index in [1.54, 1.807) is 4.90 Å².